The number of hydrogen-bond acceptors (Lipinski definition) is 2. The van der Waals surface area contributed by atoms with Crippen LogP contribution in [0.3, 0.4) is 0 Å². The summed E-state index contributed by atoms with van der Waals surface area (Å²) < 4.78 is 41.7. The fourth-order valence-electron chi connectivity index (χ4n) is 1.21. The number of alkyl halides is 3. The minimum atomic E-state index is -4.38. The average molecular weight is 247 g/mol. The van der Waals surface area contributed by atoms with Crippen LogP contribution >= 0.6 is 0 Å². The van der Waals surface area contributed by atoms with E-state index in [0.717, 1.165) is 12.1 Å². The van der Waals surface area contributed by atoms with Crippen molar-refractivity contribution < 1.29 is 22.7 Å². The molecule has 17 heavy (non-hydrogen) atoms. The molecule has 0 saturated carbocycles. The summed E-state index contributed by atoms with van der Waals surface area (Å²) in [5, 5.41) is 2.35. The molecule has 0 aliphatic heterocycles. The molecule has 1 aromatic carbocycles. The molecule has 0 atom stereocenters. The Morgan fingerprint density at radius 3 is 2.71 bits per heavy atom. The van der Waals surface area contributed by atoms with Crippen LogP contribution in [0.2, 0.25) is 0 Å². The van der Waals surface area contributed by atoms with Crippen LogP contribution in [-0.4, -0.2) is 12.7 Å². The van der Waals surface area contributed by atoms with Crippen LogP contribution < -0.4 is 5.32 Å². The first-order valence-corrected chi connectivity index (χ1v) is 5.00. The van der Waals surface area contributed by atoms with Crippen molar-refractivity contribution in [1.29, 1.82) is 0 Å². The number of halogens is 3. The van der Waals surface area contributed by atoms with E-state index in [4.69, 9.17) is 0 Å². The van der Waals surface area contributed by atoms with E-state index in [2.05, 4.69) is 10.1 Å². The molecule has 1 rings (SSSR count). The maximum absolute atomic E-state index is 12.4. The predicted octanol–water partition coefficient (Wildman–Crippen LogP) is 2.95. The summed E-state index contributed by atoms with van der Waals surface area (Å²) in [4.78, 5) is 10.9. The highest BCUT2D eigenvalue weighted by atomic mass is 19.4. The number of carbonyl (C=O) groups is 1. The lowest BCUT2D eigenvalue weighted by atomic mass is 10.1. The van der Waals surface area contributed by atoms with Gasteiger partial charge in [-0.1, -0.05) is 12.1 Å². The summed E-state index contributed by atoms with van der Waals surface area (Å²) in [7, 11) is 0. The van der Waals surface area contributed by atoms with E-state index in [1.807, 2.05) is 0 Å². The van der Waals surface area contributed by atoms with Gasteiger partial charge < -0.3 is 10.1 Å². The maximum atomic E-state index is 12.4. The van der Waals surface area contributed by atoms with Gasteiger partial charge in [0.1, 0.15) is 0 Å². The molecule has 0 radical (unpaired) electrons. The highest BCUT2D eigenvalue weighted by Crippen LogP contribution is 2.29. The predicted molar refractivity (Wildman–Crippen MR) is 55.3 cm³/mol. The van der Waals surface area contributed by atoms with Gasteiger partial charge in [-0.3, -0.25) is 0 Å². The molecule has 1 N–H and O–H groups in total. The zero-order valence-electron chi connectivity index (χ0n) is 9.17. The van der Waals surface area contributed by atoms with E-state index in [9.17, 15) is 18.0 Å². The molecule has 0 fully saturated rings. The van der Waals surface area contributed by atoms with Crippen LogP contribution in [0.5, 0.6) is 0 Å². The van der Waals surface area contributed by atoms with Crippen molar-refractivity contribution in [2.45, 2.75) is 19.6 Å². The summed E-state index contributed by atoms with van der Waals surface area (Å²) in [6, 6.07) is 4.77. The molecule has 0 spiro atoms. The molecular weight excluding hydrogens is 235 g/mol. The quantitative estimate of drug-likeness (QED) is 0.891. The van der Waals surface area contributed by atoms with Gasteiger partial charge in [0.2, 0.25) is 0 Å². The Morgan fingerprint density at radius 2 is 2.12 bits per heavy atom. The largest absolute Gasteiger partial charge is 0.450 e. The molecule has 3 nitrogen and oxygen atoms in total. The molecule has 0 aliphatic carbocycles. The third kappa shape index (κ3) is 4.34. The summed E-state index contributed by atoms with van der Waals surface area (Å²) >= 11 is 0. The summed E-state index contributed by atoms with van der Waals surface area (Å²) in [6.07, 6.45) is -5.02. The Hall–Kier alpha value is -1.72. The summed E-state index contributed by atoms with van der Waals surface area (Å²) in [5.41, 5.74) is -0.367. The SMILES string of the molecule is CCOC(=O)NCc1cccc(C(F)(F)F)c1. The van der Waals surface area contributed by atoms with Crippen molar-refractivity contribution >= 4 is 6.09 Å². The summed E-state index contributed by atoms with van der Waals surface area (Å²) in [5.74, 6) is 0. The van der Waals surface area contributed by atoms with Crippen molar-refractivity contribution in [2.24, 2.45) is 0 Å². The number of ether oxygens (including phenoxy) is 1. The number of rotatable bonds is 3. The molecule has 0 saturated heterocycles. The van der Waals surface area contributed by atoms with Gasteiger partial charge in [-0.05, 0) is 24.6 Å². The highest BCUT2D eigenvalue weighted by Gasteiger charge is 2.30. The number of nitrogens with one attached hydrogen (secondary N) is 1. The minimum absolute atomic E-state index is 0.00273. The number of benzene rings is 1. The van der Waals surface area contributed by atoms with Crippen molar-refractivity contribution in [3.8, 4) is 0 Å². The number of alkyl carbamates (subject to hydrolysis) is 1. The number of hydrogen-bond donors (Lipinski definition) is 1. The molecule has 0 aromatic heterocycles. The monoisotopic (exact) mass is 247 g/mol. The van der Waals surface area contributed by atoms with Crippen LogP contribution in [0.25, 0.3) is 0 Å². The van der Waals surface area contributed by atoms with Gasteiger partial charge in [0.15, 0.2) is 0 Å². The van der Waals surface area contributed by atoms with E-state index >= 15 is 0 Å². The number of amides is 1. The first kappa shape index (κ1) is 13.3. The van der Waals surface area contributed by atoms with Gasteiger partial charge in [-0.2, -0.15) is 13.2 Å². The Labute approximate surface area is 96.6 Å². The molecule has 6 heteroatoms. The molecule has 0 bridgehead atoms. The molecule has 94 valence electrons. The maximum Gasteiger partial charge on any atom is 0.416 e. The van der Waals surface area contributed by atoms with Crippen molar-refractivity contribution in [3.63, 3.8) is 0 Å². The van der Waals surface area contributed by atoms with Gasteiger partial charge in [-0.15, -0.1) is 0 Å². The van der Waals surface area contributed by atoms with E-state index < -0.39 is 17.8 Å². The lowest BCUT2D eigenvalue weighted by molar-refractivity contribution is -0.137. The Balaban J connectivity index is 2.64. The Bertz CT molecular complexity index is 391. The lowest BCUT2D eigenvalue weighted by Gasteiger charge is -2.09. The van der Waals surface area contributed by atoms with Gasteiger partial charge in [0.05, 0.1) is 12.2 Å². The summed E-state index contributed by atoms with van der Waals surface area (Å²) in [6.45, 7) is 1.86. The van der Waals surface area contributed by atoms with Crippen LogP contribution in [0.4, 0.5) is 18.0 Å². The fourth-order valence-corrected chi connectivity index (χ4v) is 1.21. The molecule has 0 aliphatic rings. The normalized spacial score (nSPS) is 11.1. The van der Waals surface area contributed by atoms with Gasteiger partial charge in [0.25, 0.3) is 0 Å². The molecule has 1 aromatic rings. The van der Waals surface area contributed by atoms with Crippen molar-refractivity contribution in [3.05, 3.63) is 35.4 Å². The third-order valence-corrected chi connectivity index (χ3v) is 1.97. The second kappa shape index (κ2) is 5.56. The second-order valence-corrected chi connectivity index (χ2v) is 3.27. The first-order chi connectivity index (χ1) is 7.93. The second-order valence-electron chi connectivity index (χ2n) is 3.27. The smallest absolute Gasteiger partial charge is 0.416 e. The Morgan fingerprint density at radius 1 is 1.41 bits per heavy atom. The molecular formula is C11H12F3NO2. The van der Waals surface area contributed by atoms with Crippen LogP contribution in [-0.2, 0) is 17.5 Å². The number of carbonyl (C=O) groups excluding carboxylic acids is 1. The lowest BCUT2D eigenvalue weighted by Crippen LogP contribution is -2.23. The molecule has 0 unspecified atom stereocenters. The zero-order chi connectivity index (χ0) is 12.9. The fraction of sp³-hybridized carbons (Fsp3) is 0.364. The molecule has 1 amide bonds. The standard InChI is InChI=1S/C11H12F3NO2/c1-2-17-10(16)15-7-8-4-3-5-9(6-8)11(12,13)14/h3-6H,2,7H2,1H3,(H,15,16). The van der Waals surface area contributed by atoms with Crippen molar-refractivity contribution in [1.82, 2.24) is 5.32 Å². The molecule has 0 heterocycles. The zero-order valence-corrected chi connectivity index (χ0v) is 9.17. The Kier molecular flexibility index (Phi) is 4.37. The van der Waals surface area contributed by atoms with Crippen LogP contribution in [0, 0.1) is 0 Å². The first-order valence-electron chi connectivity index (χ1n) is 5.00. The third-order valence-electron chi connectivity index (χ3n) is 1.97. The van der Waals surface area contributed by atoms with E-state index in [1.165, 1.54) is 12.1 Å². The van der Waals surface area contributed by atoms with Gasteiger partial charge >= 0.3 is 12.3 Å². The van der Waals surface area contributed by atoms with E-state index in [0.29, 0.717) is 5.56 Å². The van der Waals surface area contributed by atoms with E-state index in [-0.39, 0.29) is 13.2 Å². The van der Waals surface area contributed by atoms with Crippen molar-refractivity contribution in [2.75, 3.05) is 6.61 Å². The van der Waals surface area contributed by atoms with Gasteiger partial charge in [-0.25, -0.2) is 4.79 Å². The van der Waals surface area contributed by atoms with E-state index in [1.54, 1.807) is 6.92 Å². The van der Waals surface area contributed by atoms with Gasteiger partial charge in [0, 0.05) is 6.54 Å². The van der Waals surface area contributed by atoms with Crippen LogP contribution in [0.1, 0.15) is 18.1 Å². The minimum Gasteiger partial charge on any atom is -0.450 e. The van der Waals surface area contributed by atoms with Crippen LogP contribution in [0.15, 0.2) is 24.3 Å². The topological polar surface area (TPSA) is 38.3 Å². The average Bonchev–Trinajstić information content (AvgIpc) is 2.26. The highest BCUT2D eigenvalue weighted by molar-refractivity contribution is 5.67.